The van der Waals surface area contributed by atoms with Gasteiger partial charge >= 0.3 is 0 Å². The third-order valence-electron chi connectivity index (χ3n) is 6.12. The summed E-state index contributed by atoms with van der Waals surface area (Å²) in [4.78, 5) is 2.85. The molecule has 1 heterocycles. The highest BCUT2D eigenvalue weighted by atomic mass is 15.1. The Labute approximate surface area is 125 Å². The summed E-state index contributed by atoms with van der Waals surface area (Å²) < 4.78 is 0. The van der Waals surface area contributed by atoms with Crippen molar-refractivity contribution in [2.24, 2.45) is 11.8 Å². The topological polar surface area (TPSA) is 3.24 Å². The van der Waals surface area contributed by atoms with Crippen molar-refractivity contribution in [1.29, 1.82) is 0 Å². The Morgan fingerprint density at radius 1 is 0.600 bits per heavy atom. The van der Waals surface area contributed by atoms with Gasteiger partial charge in [0.2, 0.25) is 0 Å². The predicted molar refractivity (Wildman–Crippen MR) is 86.9 cm³/mol. The van der Waals surface area contributed by atoms with E-state index in [1.807, 2.05) is 0 Å². The minimum absolute atomic E-state index is 0.922. The molecule has 0 aromatic carbocycles. The Hall–Kier alpha value is -0.300. The van der Waals surface area contributed by atoms with Crippen molar-refractivity contribution >= 4 is 0 Å². The molecule has 3 rings (SSSR count). The normalized spacial score (nSPS) is 34.6. The zero-order chi connectivity index (χ0) is 13.6. The Balaban J connectivity index is 1.46. The molecule has 0 radical (unpaired) electrons. The minimum atomic E-state index is 0.922. The SMILES string of the molecule is C1=CCCCN(C2CCC(C3CCCC3)CC2)CCC1. The second-order valence-electron chi connectivity index (χ2n) is 7.40. The maximum Gasteiger partial charge on any atom is 0.00954 e. The lowest BCUT2D eigenvalue weighted by atomic mass is 9.77. The molecule has 1 nitrogen and oxygen atoms in total. The summed E-state index contributed by atoms with van der Waals surface area (Å²) in [7, 11) is 0. The largest absolute Gasteiger partial charge is 0.300 e. The first-order chi connectivity index (χ1) is 9.93. The highest BCUT2D eigenvalue weighted by Gasteiger charge is 2.31. The van der Waals surface area contributed by atoms with Crippen molar-refractivity contribution in [1.82, 2.24) is 4.90 Å². The Morgan fingerprint density at radius 3 is 1.75 bits per heavy atom. The second kappa shape index (κ2) is 7.64. The van der Waals surface area contributed by atoms with Gasteiger partial charge in [-0.1, -0.05) is 37.8 Å². The van der Waals surface area contributed by atoms with Gasteiger partial charge in [-0.05, 0) is 76.3 Å². The highest BCUT2D eigenvalue weighted by Crippen LogP contribution is 2.40. The molecule has 0 saturated heterocycles. The van der Waals surface area contributed by atoms with Crippen LogP contribution in [0.4, 0.5) is 0 Å². The van der Waals surface area contributed by atoms with Crippen molar-refractivity contribution in [2.75, 3.05) is 13.1 Å². The van der Waals surface area contributed by atoms with Crippen LogP contribution in [0.3, 0.4) is 0 Å². The average molecular weight is 275 g/mol. The number of rotatable bonds is 2. The van der Waals surface area contributed by atoms with Gasteiger partial charge in [0.15, 0.2) is 0 Å². The van der Waals surface area contributed by atoms with Crippen LogP contribution in [0.2, 0.25) is 0 Å². The van der Waals surface area contributed by atoms with Crippen molar-refractivity contribution in [3.63, 3.8) is 0 Å². The molecule has 2 saturated carbocycles. The van der Waals surface area contributed by atoms with Crippen LogP contribution in [0.15, 0.2) is 12.2 Å². The molecule has 0 unspecified atom stereocenters. The molecule has 0 bridgehead atoms. The Kier molecular flexibility index (Phi) is 5.59. The van der Waals surface area contributed by atoms with Crippen LogP contribution in [0.5, 0.6) is 0 Å². The van der Waals surface area contributed by atoms with Gasteiger partial charge in [-0.15, -0.1) is 0 Å². The predicted octanol–water partition coefficient (Wildman–Crippen LogP) is 5.17. The molecule has 3 aliphatic rings. The van der Waals surface area contributed by atoms with Gasteiger partial charge in [0, 0.05) is 6.04 Å². The number of hydrogen-bond acceptors (Lipinski definition) is 1. The lowest BCUT2D eigenvalue weighted by Gasteiger charge is -2.38. The molecule has 0 aromatic rings. The van der Waals surface area contributed by atoms with Crippen molar-refractivity contribution in [2.45, 2.75) is 83.1 Å². The Bertz CT molecular complexity index is 283. The quantitative estimate of drug-likeness (QED) is 0.629. The molecular weight excluding hydrogens is 242 g/mol. The van der Waals surface area contributed by atoms with Crippen LogP contribution in [0.25, 0.3) is 0 Å². The van der Waals surface area contributed by atoms with E-state index in [0.29, 0.717) is 0 Å². The molecule has 20 heavy (non-hydrogen) atoms. The second-order valence-corrected chi connectivity index (χ2v) is 7.40. The standard InChI is InChI=1S/C19H33N/c1-2-4-8-16-20(15-7-3-1)19-13-11-18(12-14-19)17-9-5-6-10-17/h1-2,17-19H,3-16H2. The molecule has 1 heteroatoms. The summed E-state index contributed by atoms with van der Waals surface area (Å²) in [5.41, 5.74) is 0. The van der Waals surface area contributed by atoms with E-state index in [4.69, 9.17) is 0 Å². The van der Waals surface area contributed by atoms with Crippen LogP contribution in [0, 0.1) is 11.8 Å². The van der Waals surface area contributed by atoms with Crippen LogP contribution < -0.4 is 0 Å². The monoisotopic (exact) mass is 275 g/mol. The van der Waals surface area contributed by atoms with E-state index >= 15 is 0 Å². The van der Waals surface area contributed by atoms with Crippen LogP contribution in [-0.2, 0) is 0 Å². The maximum absolute atomic E-state index is 2.85. The number of allylic oxidation sites excluding steroid dienone is 2. The van der Waals surface area contributed by atoms with Crippen molar-refractivity contribution in [3.05, 3.63) is 12.2 Å². The molecule has 114 valence electrons. The van der Waals surface area contributed by atoms with E-state index in [1.54, 1.807) is 12.8 Å². The van der Waals surface area contributed by atoms with Gasteiger partial charge in [0.25, 0.3) is 0 Å². The minimum Gasteiger partial charge on any atom is -0.300 e. The van der Waals surface area contributed by atoms with E-state index in [2.05, 4.69) is 17.1 Å². The van der Waals surface area contributed by atoms with Crippen molar-refractivity contribution < 1.29 is 0 Å². The molecule has 0 amide bonds. The molecule has 2 aliphatic carbocycles. The third kappa shape index (κ3) is 3.87. The van der Waals surface area contributed by atoms with Gasteiger partial charge in [-0.25, -0.2) is 0 Å². The van der Waals surface area contributed by atoms with Crippen LogP contribution in [-0.4, -0.2) is 24.0 Å². The van der Waals surface area contributed by atoms with Crippen LogP contribution >= 0.6 is 0 Å². The molecule has 1 aliphatic heterocycles. The van der Waals surface area contributed by atoms with E-state index in [-0.39, 0.29) is 0 Å². The third-order valence-corrected chi connectivity index (χ3v) is 6.12. The van der Waals surface area contributed by atoms with Gasteiger partial charge in [0.05, 0.1) is 0 Å². The number of nitrogens with zero attached hydrogens (tertiary/aromatic N) is 1. The van der Waals surface area contributed by atoms with E-state index in [0.717, 1.165) is 17.9 Å². The first-order valence-corrected chi connectivity index (χ1v) is 9.32. The molecule has 0 aromatic heterocycles. The number of hydrogen-bond donors (Lipinski definition) is 0. The average Bonchev–Trinajstić information content (AvgIpc) is 3.05. The fraction of sp³-hybridized carbons (Fsp3) is 0.895. The summed E-state index contributed by atoms with van der Waals surface area (Å²) in [5.74, 6) is 2.20. The molecule has 0 spiro atoms. The zero-order valence-corrected chi connectivity index (χ0v) is 13.2. The lowest BCUT2D eigenvalue weighted by molar-refractivity contribution is 0.116. The molecular formula is C19H33N. The molecule has 0 N–H and O–H groups in total. The smallest absolute Gasteiger partial charge is 0.00954 e. The summed E-state index contributed by atoms with van der Waals surface area (Å²) in [5, 5.41) is 0. The van der Waals surface area contributed by atoms with Crippen molar-refractivity contribution in [3.8, 4) is 0 Å². The fourth-order valence-electron chi connectivity index (χ4n) is 4.90. The van der Waals surface area contributed by atoms with Gasteiger partial charge in [0.1, 0.15) is 0 Å². The first-order valence-electron chi connectivity index (χ1n) is 9.32. The summed E-state index contributed by atoms with van der Waals surface area (Å²) in [6, 6.07) is 0.922. The fourth-order valence-corrected chi connectivity index (χ4v) is 4.90. The molecule has 0 atom stereocenters. The van der Waals surface area contributed by atoms with Gasteiger partial charge in [-0.2, -0.15) is 0 Å². The van der Waals surface area contributed by atoms with Gasteiger partial charge in [-0.3, -0.25) is 0 Å². The van der Waals surface area contributed by atoms with Crippen LogP contribution in [0.1, 0.15) is 77.0 Å². The van der Waals surface area contributed by atoms with Gasteiger partial charge < -0.3 is 4.90 Å². The summed E-state index contributed by atoms with van der Waals surface area (Å²) >= 11 is 0. The van der Waals surface area contributed by atoms with E-state index in [9.17, 15) is 0 Å². The summed E-state index contributed by atoms with van der Waals surface area (Å²) in [6.07, 6.45) is 22.3. The Morgan fingerprint density at radius 2 is 1.15 bits per heavy atom. The van der Waals surface area contributed by atoms with E-state index < -0.39 is 0 Å². The zero-order valence-electron chi connectivity index (χ0n) is 13.2. The summed E-state index contributed by atoms with van der Waals surface area (Å²) in [6.45, 7) is 2.70. The molecule has 2 fully saturated rings. The first kappa shape index (κ1) is 14.6. The highest BCUT2D eigenvalue weighted by molar-refractivity contribution is 4.87. The lowest BCUT2D eigenvalue weighted by Crippen LogP contribution is -2.40. The maximum atomic E-state index is 2.85. The van der Waals surface area contributed by atoms with E-state index in [1.165, 1.54) is 77.3 Å².